The standard InChI is InChI=1S/C41H23N3OS/c1-2-10-24(11-3-1)39-42-40(44-41(43-39)26-19-21-30-29-13-7-9-17-35(29)46-36(30)23-26)25-18-20-28-27-12-4-5-14-31(27)38-37(33(28)22-25)32-15-6-8-16-34(32)45-38/h1-23H. The quantitative estimate of drug-likeness (QED) is 0.188. The van der Waals surface area contributed by atoms with Crippen molar-refractivity contribution in [2.75, 3.05) is 0 Å². The summed E-state index contributed by atoms with van der Waals surface area (Å²) >= 11 is 1.80. The van der Waals surface area contributed by atoms with Crippen molar-refractivity contribution in [3.63, 3.8) is 0 Å². The van der Waals surface area contributed by atoms with E-state index in [0.717, 1.165) is 54.8 Å². The predicted octanol–water partition coefficient (Wildman–Crippen LogP) is 11.4. The molecule has 0 N–H and O–H groups in total. The molecule has 0 spiro atoms. The molecule has 10 rings (SSSR count). The van der Waals surface area contributed by atoms with Gasteiger partial charge >= 0.3 is 0 Å². The number of rotatable bonds is 3. The summed E-state index contributed by atoms with van der Waals surface area (Å²) in [7, 11) is 0. The Morgan fingerprint density at radius 2 is 0.957 bits per heavy atom. The number of benzene rings is 7. The van der Waals surface area contributed by atoms with E-state index in [-0.39, 0.29) is 0 Å². The molecule has 10 aromatic rings. The zero-order chi connectivity index (χ0) is 30.2. The van der Waals surface area contributed by atoms with Crippen molar-refractivity contribution in [2.24, 2.45) is 0 Å². The lowest BCUT2D eigenvalue weighted by Gasteiger charge is -2.11. The highest BCUT2D eigenvalue weighted by Crippen LogP contribution is 2.42. The van der Waals surface area contributed by atoms with E-state index < -0.39 is 0 Å². The summed E-state index contributed by atoms with van der Waals surface area (Å²) in [5.74, 6) is 1.94. The number of para-hydroxylation sites is 1. The molecule has 7 aromatic carbocycles. The Kier molecular flexibility index (Phi) is 5.41. The van der Waals surface area contributed by atoms with Crippen molar-refractivity contribution < 1.29 is 4.42 Å². The molecular formula is C41H23N3OS. The fourth-order valence-corrected chi connectivity index (χ4v) is 7.90. The molecule has 214 valence electrons. The van der Waals surface area contributed by atoms with Crippen LogP contribution in [0.15, 0.2) is 144 Å². The second-order valence-corrected chi connectivity index (χ2v) is 12.7. The summed E-state index contributed by atoms with van der Waals surface area (Å²) in [5.41, 5.74) is 4.63. The highest BCUT2D eigenvalue weighted by Gasteiger charge is 2.18. The molecule has 0 amide bonds. The van der Waals surface area contributed by atoms with Gasteiger partial charge in [-0.3, -0.25) is 0 Å². The van der Waals surface area contributed by atoms with Crippen LogP contribution in [0.4, 0.5) is 0 Å². The summed E-state index contributed by atoms with van der Waals surface area (Å²) < 4.78 is 8.98. The Hall–Kier alpha value is -5.91. The van der Waals surface area contributed by atoms with Gasteiger partial charge in [-0.05, 0) is 40.4 Å². The monoisotopic (exact) mass is 605 g/mol. The normalized spacial score (nSPS) is 11.9. The molecule has 3 aromatic heterocycles. The van der Waals surface area contributed by atoms with Gasteiger partial charge in [-0.15, -0.1) is 11.3 Å². The van der Waals surface area contributed by atoms with Crippen LogP contribution in [0.5, 0.6) is 0 Å². The molecule has 0 aliphatic carbocycles. The van der Waals surface area contributed by atoms with E-state index in [2.05, 4.69) is 97.1 Å². The third-order valence-electron chi connectivity index (χ3n) is 8.91. The fraction of sp³-hybridized carbons (Fsp3) is 0. The molecule has 5 heteroatoms. The lowest BCUT2D eigenvalue weighted by atomic mass is 9.95. The van der Waals surface area contributed by atoms with Crippen LogP contribution in [0.25, 0.3) is 97.8 Å². The average molecular weight is 606 g/mol. The summed E-state index contributed by atoms with van der Waals surface area (Å²) in [6, 6.07) is 48.5. The van der Waals surface area contributed by atoms with E-state index in [1.807, 2.05) is 42.5 Å². The van der Waals surface area contributed by atoms with E-state index in [1.54, 1.807) is 11.3 Å². The van der Waals surface area contributed by atoms with Crippen LogP contribution in [0.1, 0.15) is 0 Å². The van der Waals surface area contributed by atoms with Gasteiger partial charge in [0.15, 0.2) is 17.5 Å². The molecule has 0 aliphatic rings. The Morgan fingerprint density at radius 1 is 0.391 bits per heavy atom. The average Bonchev–Trinajstić information content (AvgIpc) is 3.70. The van der Waals surface area contributed by atoms with Gasteiger partial charge in [0.2, 0.25) is 0 Å². The Balaban J connectivity index is 1.23. The summed E-state index contributed by atoms with van der Waals surface area (Å²) in [6.07, 6.45) is 0. The molecule has 0 unspecified atom stereocenters. The maximum atomic E-state index is 6.49. The van der Waals surface area contributed by atoms with Crippen LogP contribution < -0.4 is 0 Å². The zero-order valence-corrected chi connectivity index (χ0v) is 25.3. The maximum absolute atomic E-state index is 6.49. The van der Waals surface area contributed by atoms with E-state index in [0.29, 0.717) is 17.5 Å². The van der Waals surface area contributed by atoms with Gasteiger partial charge in [-0.1, -0.05) is 115 Å². The second-order valence-electron chi connectivity index (χ2n) is 11.6. The Labute approximate surface area is 267 Å². The zero-order valence-electron chi connectivity index (χ0n) is 24.4. The number of furan rings is 1. The van der Waals surface area contributed by atoms with Gasteiger partial charge in [0, 0.05) is 53.0 Å². The van der Waals surface area contributed by atoms with Crippen LogP contribution in [0, 0.1) is 0 Å². The molecule has 0 fully saturated rings. The van der Waals surface area contributed by atoms with Crippen LogP contribution in [-0.2, 0) is 0 Å². The molecule has 3 heterocycles. The fourth-order valence-electron chi connectivity index (χ4n) is 6.76. The number of aromatic nitrogens is 3. The minimum absolute atomic E-state index is 0.635. The van der Waals surface area contributed by atoms with Crippen molar-refractivity contribution in [3.8, 4) is 34.2 Å². The summed E-state index contributed by atoms with van der Waals surface area (Å²) in [6.45, 7) is 0. The molecule has 4 nitrogen and oxygen atoms in total. The number of fused-ring (bicyclic) bond motifs is 11. The summed E-state index contributed by atoms with van der Waals surface area (Å²) in [4.78, 5) is 15.2. The molecule has 0 bridgehead atoms. The lowest BCUT2D eigenvalue weighted by Crippen LogP contribution is -2.00. The SMILES string of the molecule is c1ccc(-c2nc(-c3ccc4c(c3)sc3ccccc34)nc(-c3ccc4c5ccccc5c5oc6ccccc6c5c4c3)n2)cc1. The van der Waals surface area contributed by atoms with Gasteiger partial charge < -0.3 is 4.42 Å². The largest absolute Gasteiger partial charge is 0.455 e. The van der Waals surface area contributed by atoms with Crippen molar-refractivity contribution in [1.82, 2.24) is 15.0 Å². The summed E-state index contributed by atoms with van der Waals surface area (Å²) in [5, 5.41) is 9.30. The minimum atomic E-state index is 0.635. The molecule has 0 saturated carbocycles. The number of hydrogen-bond donors (Lipinski definition) is 0. The number of hydrogen-bond acceptors (Lipinski definition) is 5. The Bertz CT molecular complexity index is 2820. The van der Waals surface area contributed by atoms with Gasteiger partial charge in [-0.25, -0.2) is 15.0 Å². The lowest BCUT2D eigenvalue weighted by molar-refractivity contribution is 0.673. The van der Waals surface area contributed by atoms with Crippen molar-refractivity contribution in [2.45, 2.75) is 0 Å². The first-order valence-electron chi connectivity index (χ1n) is 15.3. The molecule has 46 heavy (non-hydrogen) atoms. The highest BCUT2D eigenvalue weighted by molar-refractivity contribution is 7.25. The first kappa shape index (κ1) is 25.4. The van der Waals surface area contributed by atoms with E-state index >= 15 is 0 Å². The van der Waals surface area contributed by atoms with Crippen LogP contribution in [0.2, 0.25) is 0 Å². The maximum Gasteiger partial charge on any atom is 0.164 e. The number of nitrogens with zero attached hydrogens (tertiary/aromatic N) is 3. The van der Waals surface area contributed by atoms with Gasteiger partial charge in [0.05, 0.1) is 0 Å². The topological polar surface area (TPSA) is 51.8 Å². The molecule has 0 radical (unpaired) electrons. The van der Waals surface area contributed by atoms with Crippen LogP contribution >= 0.6 is 11.3 Å². The molecule has 0 saturated heterocycles. The van der Waals surface area contributed by atoms with E-state index in [9.17, 15) is 0 Å². The van der Waals surface area contributed by atoms with Crippen molar-refractivity contribution in [3.05, 3.63) is 140 Å². The molecule has 0 atom stereocenters. The van der Waals surface area contributed by atoms with Gasteiger partial charge in [0.25, 0.3) is 0 Å². The second kappa shape index (κ2) is 9.80. The van der Waals surface area contributed by atoms with E-state index in [4.69, 9.17) is 19.4 Å². The van der Waals surface area contributed by atoms with Crippen LogP contribution in [0.3, 0.4) is 0 Å². The van der Waals surface area contributed by atoms with E-state index in [1.165, 1.54) is 25.6 Å². The minimum Gasteiger partial charge on any atom is -0.455 e. The third kappa shape index (κ3) is 3.82. The highest BCUT2D eigenvalue weighted by atomic mass is 32.1. The van der Waals surface area contributed by atoms with Crippen LogP contribution in [-0.4, -0.2) is 15.0 Å². The first-order chi connectivity index (χ1) is 22.8. The number of thiophene rings is 1. The molecular weight excluding hydrogens is 583 g/mol. The van der Waals surface area contributed by atoms with Crippen molar-refractivity contribution >= 4 is 75.0 Å². The predicted molar refractivity (Wildman–Crippen MR) is 191 cm³/mol. The Morgan fingerprint density at radius 3 is 1.76 bits per heavy atom. The van der Waals surface area contributed by atoms with Gasteiger partial charge in [0.1, 0.15) is 11.2 Å². The first-order valence-corrected chi connectivity index (χ1v) is 16.1. The smallest absolute Gasteiger partial charge is 0.164 e. The third-order valence-corrected chi connectivity index (χ3v) is 10.0. The molecule has 0 aliphatic heterocycles. The van der Waals surface area contributed by atoms with Gasteiger partial charge in [-0.2, -0.15) is 0 Å². The van der Waals surface area contributed by atoms with Crippen molar-refractivity contribution in [1.29, 1.82) is 0 Å².